The van der Waals surface area contributed by atoms with Crippen molar-refractivity contribution in [2.24, 2.45) is 5.92 Å². The van der Waals surface area contributed by atoms with Gasteiger partial charge in [0.2, 0.25) is 0 Å². The van der Waals surface area contributed by atoms with Gasteiger partial charge in [0.15, 0.2) is 0 Å². The zero-order chi connectivity index (χ0) is 17.6. The van der Waals surface area contributed by atoms with Crippen LogP contribution in [0.5, 0.6) is 0 Å². The van der Waals surface area contributed by atoms with Gasteiger partial charge in [0.05, 0.1) is 11.0 Å². The van der Waals surface area contributed by atoms with Gasteiger partial charge in [-0.3, -0.25) is 10.1 Å². The molecule has 0 spiro atoms. The van der Waals surface area contributed by atoms with E-state index in [2.05, 4.69) is 10.6 Å². The van der Waals surface area contributed by atoms with E-state index in [1.165, 1.54) is 17.0 Å². The summed E-state index contributed by atoms with van der Waals surface area (Å²) in [5.74, 6) is -0.100. The van der Waals surface area contributed by atoms with Gasteiger partial charge in [-0.2, -0.15) is 0 Å². The number of rotatable bonds is 2. The highest BCUT2D eigenvalue weighted by molar-refractivity contribution is 5.80. The number of benzene rings is 1. The van der Waals surface area contributed by atoms with E-state index in [1.807, 2.05) is 6.92 Å². The number of carbonyl (C=O) groups is 2. The molecule has 2 heterocycles. The third-order valence-corrected chi connectivity index (χ3v) is 4.85. The smallest absolute Gasteiger partial charge is 0.319 e. The summed E-state index contributed by atoms with van der Waals surface area (Å²) in [7, 11) is 3.32. The van der Waals surface area contributed by atoms with Crippen LogP contribution in [0.4, 0.5) is 15.3 Å². The lowest BCUT2D eigenvalue weighted by molar-refractivity contribution is -0.384. The molecule has 4 amide bonds. The number of urea groups is 2. The molecule has 9 heteroatoms. The second-order valence-corrected chi connectivity index (χ2v) is 6.23. The maximum absolute atomic E-state index is 12.3. The normalized spacial score (nSPS) is 29.6. The van der Waals surface area contributed by atoms with Gasteiger partial charge in [0.1, 0.15) is 6.17 Å². The lowest BCUT2D eigenvalue weighted by atomic mass is 9.81. The minimum absolute atomic E-state index is 0.000303. The Kier molecular flexibility index (Phi) is 3.78. The third-order valence-electron chi connectivity index (χ3n) is 4.85. The maximum Gasteiger partial charge on any atom is 0.319 e. The summed E-state index contributed by atoms with van der Waals surface area (Å²) in [6, 6.07) is 5.20. The molecule has 3 rings (SSSR count). The van der Waals surface area contributed by atoms with E-state index < -0.39 is 11.1 Å². The lowest BCUT2D eigenvalue weighted by Crippen LogP contribution is -2.71. The minimum Gasteiger partial charge on any atom is -0.335 e. The predicted octanol–water partition coefficient (Wildman–Crippen LogP) is 1.28. The molecule has 2 saturated heterocycles. The summed E-state index contributed by atoms with van der Waals surface area (Å²) in [6.07, 6.45) is -0.433. The number of nitro groups is 1. The van der Waals surface area contributed by atoms with Gasteiger partial charge >= 0.3 is 12.1 Å². The quantitative estimate of drug-likeness (QED) is 0.628. The van der Waals surface area contributed by atoms with Crippen molar-refractivity contribution in [3.8, 4) is 0 Å². The first-order chi connectivity index (χ1) is 11.3. The Morgan fingerprint density at radius 3 is 2.21 bits per heavy atom. The van der Waals surface area contributed by atoms with Gasteiger partial charge in [-0.25, -0.2) is 9.59 Å². The second kappa shape index (κ2) is 5.66. The zero-order valence-electron chi connectivity index (χ0n) is 13.6. The highest BCUT2D eigenvalue weighted by Gasteiger charge is 2.49. The van der Waals surface area contributed by atoms with Gasteiger partial charge in [0.25, 0.3) is 5.69 Å². The molecular formula is C15H19N5O4. The molecule has 0 saturated carbocycles. The molecule has 4 atom stereocenters. The molecule has 24 heavy (non-hydrogen) atoms. The molecule has 2 aliphatic heterocycles. The predicted molar refractivity (Wildman–Crippen MR) is 85.2 cm³/mol. The monoisotopic (exact) mass is 333 g/mol. The first-order valence-corrected chi connectivity index (χ1v) is 7.62. The number of nitrogens with one attached hydrogen (secondary N) is 2. The van der Waals surface area contributed by atoms with E-state index in [4.69, 9.17) is 0 Å². The van der Waals surface area contributed by atoms with Crippen LogP contribution in [0.1, 0.15) is 18.5 Å². The summed E-state index contributed by atoms with van der Waals surface area (Å²) in [5.41, 5.74) is 0.796. The number of nitrogens with zero attached hydrogens (tertiary/aromatic N) is 3. The van der Waals surface area contributed by atoms with Gasteiger partial charge in [-0.05, 0) is 12.5 Å². The number of amides is 4. The molecule has 2 unspecified atom stereocenters. The van der Waals surface area contributed by atoms with Crippen LogP contribution in [0.2, 0.25) is 0 Å². The Hall–Kier alpha value is -2.84. The van der Waals surface area contributed by atoms with Crippen LogP contribution in [-0.2, 0) is 0 Å². The average Bonchev–Trinajstić information content (AvgIpc) is 2.54. The fraction of sp³-hybridized carbons (Fsp3) is 0.467. The SMILES string of the molecule is CC1NC(=O)N(C)[C@@H]2NC(=O)N(C)C(c3ccc([N+](=O)[O-])cc3)[C@@H]12. The molecule has 0 aromatic heterocycles. The molecule has 1 aromatic carbocycles. The Morgan fingerprint density at radius 1 is 1.04 bits per heavy atom. The molecule has 0 aliphatic carbocycles. The summed E-state index contributed by atoms with van der Waals surface area (Å²) in [6.45, 7) is 1.90. The third kappa shape index (κ3) is 2.41. The molecule has 0 bridgehead atoms. The Morgan fingerprint density at radius 2 is 1.62 bits per heavy atom. The molecule has 1 aromatic rings. The summed E-state index contributed by atoms with van der Waals surface area (Å²) in [4.78, 5) is 37.7. The Labute approximate surface area is 138 Å². The van der Waals surface area contributed by atoms with E-state index >= 15 is 0 Å². The number of non-ortho nitro benzene ring substituents is 1. The maximum atomic E-state index is 12.3. The average molecular weight is 333 g/mol. The van der Waals surface area contributed by atoms with Crippen LogP contribution in [0.15, 0.2) is 24.3 Å². The fourth-order valence-electron chi connectivity index (χ4n) is 3.54. The molecule has 9 nitrogen and oxygen atoms in total. The van der Waals surface area contributed by atoms with E-state index in [-0.39, 0.29) is 35.8 Å². The van der Waals surface area contributed by atoms with Crippen LogP contribution >= 0.6 is 0 Å². The van der Waals surface area contributed by atoms with Crippen molar-refractivity contribution in [3.63, 3.8) is 0 Å². The number of hydrogen-bond acceptors (Lipinski definition) is 4. The molecule has 0 radical (unpaired) electrons. The molecule has 2 N–H and O–H groups in total. The van der Waals surface area contributed by atoms with Crippen molar-refractivity contribution >= 4 is 17.7 Å². The minimum atomic E-state index is -0.457. The van der Waals surface area contributed by atoms with E-state index in [0.29, 0.717) is 0 Å². The van der Waals surface area contributed by atoms with Gasteiger partial charge in [-0.15, -0.1) is 0 Å². The highest BCUT2D eigenvalue weighted by Crippen LogP contribution is 2.38. The van der Waals surface area contributed by atoms with Gasteiger partial charge in [-0.1, -0.05) is 12.1 Å². The van der Waals surface area contributed by atoms with E-state index in [0.717, 1.165) is 5.56 Å². The Balaban J connectivity index is 2.01. The van der Waals surface area contributed by atoms with Gasteiger partial charge in [0, 0.05) is 38.2 Å². The van der Waals surface area contributed by atoms with Crippen molar-refractivity contribution in [1.82, 2.24) is 20.4 Å². The van der Waals surface area contributed by atoms with Crippen LogP contribution in [0.3, 0.4) is 0 Å². The summed E-state index contributed by atoms with van der Waals surface area (Å²) >= 11 is 0. The van der Waals surface area contributed by atoms with Crippen molar-refractivity contribution in [2.45, 2.75) is 25.2 Å². The van der Waals surface area contributed by atoms with E-state index in [1.54, 1.807) is 31.1 Å². The lowest BCUT2D eigenvalue weighted by Gasteiger charge is -2.52. The van der Waals surface area contributed by atoms with Crippen LogP contribution in [-0.4, -0.2) is 53.1 Å². The number of nitro benzene ring substituents is 1. The van der Waals surface area contributed by atoms with Crippen molar-refractivity contribution in [3.05, 3.63) is 39.9 Å². The number of hydrogen-bond donors (Lipinski definition) is 2. The second-order valence-electron chi connectivity index (χ2n) is 6.23. The molecule has 2 fully saturated rings. The fourth-order valence-corrected chi connectivity index (χ4v) is 3.54. The Bertz CT molecular complexity index is 692. The molecule has 128 valence electrons. The first-order valence-electron chi connectivity index (χ1n) is 7.62. The number of carbonyl (C=O) groups excluding carboxylic acids is 2. The summed E-state index contributed by atoms with van der Waals surface area (Å²) in [5, 5.41) is 16.6. The van der Waals surface area contributed by atoms with Crippen LogP contribution < -0.4 is 10.6 Å². The number of fused-ring (bicyclic) bond motifs is 1. The van der Waals surface area contributed by atoms with Gasteiger partial charge < -0.3 is 20.4 Å². The zero-order valence-corrected chi connectivity index (χ0v) is 13.6. The van der Waals surface area contributed by atoms with Crippen molar-refractivity contribution < 1.29 is 14.5 Å². The summed E-state index contributed by atoms with van der Waals surface area (Å²) < 4.78 is 0. The molecular weight excluding hydrogens is 314 g/mol. The first kappa shape index (κ1) is 16.0. The van der Waals surface area contributed by atoms with Crippen LogP contribution in [0.25, 0.3) is 0 Å². The van der Waals surface area contributed by atoms with Crippen molar-refractivity contribution in [1.29, 1.82) is 0 Å². The van der Waals surface area contributed by atoms with Crippen LogP contribution in [0, 0.1) is 16.0 Å². The molecule has 2 aliphatic rings. The topological polar surface area (TPSA) is 108 Å². The highest BCUT2D eigenvalue weighted by atomic mass is 16.6. The van der Waals surface area contributed by atoms with Crippen molar-refractivity contribution in [2.75, 3.05) is 14.1 Å². The van der Waals surface area contributed by atoms with E-state index in [9.17, 15) is 19.7 Å². The standard InChI is InChI=1S/C15H19N5O4/c1-8-11-12(9-4-6-10(7-5-9)20(23)24)18(2)15(22)17-13(11)19(3)14(21)16-8/h4-8,11-13H,1-3H3,(H,16,21)(H,17,22)/t8?,11-,12?,13+/m1/s1. The largest absolute Gasteiger partial charge is 0.335 e.